The van der Waals surface area contributed by atoms with E-state index in [1.54, 1.807) is 12.1 Å². The van der Waals surface area contributed by atoms with Crippen LogP contribution in [-0.2, 0) is 11.0 Å². The van der Waals surface area contributed by atoms with Crippen molar-refractivity contribution < 1.29 is 18.0 Å². The normalized spacial score (nSPS) is 11.3. The fourth-order valence-corrected chi connectivity index (χ4v) is 1.25. The standard InChI is InChI=1S/C13H10F3N3O/c1-12(2,7-18)11(20)19-10-4-3-9(13(14,15)16)5-8(10)6-17/h3-5H,1-2H3,(H,19,20). The maximum absolute atomic E-state index is 12.5. The fraction of sp³-hybridized carbons (Fsp3) is 0.308. The van der Waals surface area contributed by atoms with Crippen molar-refractivity contribution in [2.45, 2.75) is 20.0 Å². The van der Waals surface area contributed by atoms with Crippen LogP contribution in [0.2, 0.25) is 0 Å². The van der Waals surface area contributed by atoms with Crippen molar-refractivity contribution in [2.75, 3.05) is 5.32 Å². The second kappa shape index (κ2) is 5.22. The SMILES string of the molecule is CC(C)(C#N)C(=O)Nc1ccc(C(F)(F)F)cc1C#N. The highest BCUT2D eigenvalue weighted by Crippen LogP contribution is 2.32. The highest BCUT2D eigenvalue weighted by atomic mass is 19.4. The Labute approximate surface area is 113 Å². The zero-order valence-electron chi connectivity index (χ0n) is 10.7. The molecule has 0 radical (unpaired) electrons. The van der Waals surface area contributed by atoms with Crippen molar-refractivity contribution in [3.63, 3.8) is 0 Å². The van der Waals surface area contributed by atoms with Gasteiger partial charge >= 0.3 is 6.18 Å². The van der Waals surface area contributed by atoms with E-state index in [1.165, 1.54) is 13.8 Å². The summed E-state index contributed by atoms with van der Waals surface area (Å²) in [4.78, 5) is 11.7. The summed E-state index contributed by atoms with van der Waals surface area (Å²) in [7, 11) is 0. The Kier molecular flexibility index (Phi) is 4.05. The third kappa shape index (κ3) is 3.27. The number of anilines is 1. The Bertz CT molecular complexity index is 621. The van der Waals surface area contributed by atoms with E-state index in [4.69, 9.17) is 10.5 Å². The average Bonchev–Trinajstić information content (AvgIpc) is 2.37. The van der Waals surface area contributed by atoms with E-state index in [1.807, 2.05) is 0 Å². The Hall–Kier alpha value is -2.54. The van der Waals surface area contributed by atoms with Crippen LogP contribution in [0.25, 0.3) is 0 Å². The molecule has 1 N–H and O–H groups in total. The molecule has 20 heavy (non-hydrogen) atoms. The molecule has 0 aliphatic heterocycles. The summed E-state index contributed by atoms with van der Waals surface area (Å²) in [6.45, 7) is 2.72. The van der Waals surface area contributed by atoms with Crippen molar-refractivity contribution in [1.29, 1.82) is 10.5 Å². The van der Waals surface area contributed by atoms with Gasteiger partial charge in [-0.1, -0.05) is 0 Å². The van der Waals surface area contributed by atoms with Crippen LogP contribution < -0.4 is 5.32 Å². The summed E-state index contributed by atoms with van der Waals surface area (Å²) >= 11 is 0. The molecule has 104 valence electrons. The van der Waals surface area contributed by atoms with Gasteiger partial charge < -0.3 is 5.32 Å². The third-order valence-electron chi connectivity index (χ3n) is 2.56. The largest absolute Gasteiger partial charge is 0.416 e. The smallest absolute Gasteiger partial charge is 0.324 e. The van der Waals surface area contributed by atoms with Crippen molar-refractivity contribution in [3.8, 4) is 12.1 Å². The molecule has 0 atom stereocenters. The summed E-state index contributed by atoms with van der Waals surface area (Å²) < 4.78 is 37.5. The van der Waals surface area contributed by atoms with Gasteiger partial charge in [-0.2, -0.15) is 23.7 Å². The number of hydrogen-bond donors (Lipinski definition) is 1. The molecule has 0 unspecified atom stereocenters. The van der Waals surface area contributed by atoms with Crippen molar-refractivity contribution in [1.82, 2.24) is 0 Å². The van der Waals surface area contributed by atoms with Crippen LogP contribution in [0, 0.1) is 28.1 Å². The first-order valence-electron chi connectivity index (χ1n) is 5.46. The quantitative estimate of drug-likeness (QED) is 0.905. The number of halogens is 3. The lowest BCUT2D eigenvalue weighted by molar-refractivity contribution is -0.137. The zero-order valence-corrected chi connectivity index (χ0v) is 10.7. The van der Waals surface area contributed by atoms with Crippen LogP contribution in [0.15, 0.2) is 18.2 Å². The van der Waals surface area contributed by atoms with Gasteiger partial charge in [0.2, 0.25) is 5.91 Å². The van der Waals surface area contributed by atoms with Gasteiger partial charge in [-0.3, -0.25) is 4.79 Å². The Morgan fingerprint density at radius 3 is 2.30 bits per heavy atom. The predicted molar refractivity (Wildman–Crippen MR) is 64.2 cm³/mol. The summed E-state index contributed by atoms with van der Waals surface area (Å²) in [6.07, 6.45) is -4.57. The molecule has 0 heterocycles. The summed E-state index contributed by atoms with van der Waals surface area (Å²) in [6, 6.07) is 5.75. The lowest BCUT2D eigenvalue weighted by atomic mass is 9.94. The molecule has 0 aliphatic carbocycles. The highest BCUT2D eigenvalue weighted by Gasteiger charge is 2.32. The van der Waals surface area contributed by atoms with Crippen molar-refractivity contribution >= 4 is 11.6 Å². The first-order chi connectivity index (χ1) is 9.11. The number of benzene rings is 1. The van der Waals surface area contributed by atoms with E-state index in [2.05, 4.69) is 5.32 Å². The number of nitrogens with zero attached hydrogens (tertiary/aromatic N) is 2. The molecular formula is C13H10F3N3O. The van der Waals surface area contributed by atoms with E-state index in [0.29, 0.717) is 6.07 Å². The maximum atomic E-state index is 12.5. The minimum absolute atomic E-state index is 0.0613. The highest BCUT2D eigenvalue weighted by molar-refractivity contribution is 5.97. The van der Waals surface area contributed by atoms with Gasteiger partial charge in [0.25, 0.3) is 0 Å². The van der Waals surface area contributed by atoms with Gasteiger partial charge in [0.15, 0.2) is 0 Å². The molecule has 0 saturated carbocycles. The van der Waals surface area contributed by atoms with Gasteiger partial charge in [0.1, 0.15) is 11.5 Å². The number of hydrogen-bond acceptors (Lipinski definition) is 3. The molecule has 0 spiro atoms. The second-order valence-electron chi connectivity index (χ2n) is 4.56. The van der Waals surface area contributed by atoms with Gasteiger partial charge in [-0.05, 0) is 32.0 Å². The van der Waals surface area contributed by atoms with Gasteiger partial charge in [0, 0.05) is 0 Å². The molecule has 1 aromatic rings. The Morgan fingerprint density at radius 2 is 1.85 bits per heavy atom. The van der Waals surface area contributed by atoms with E-state index in [-0.39, 0.29) is 11.3 Å². The number of rotatable bonds is 2. The number of nitriles is 2. The van der Waals surface area contributed by atoms with Crippen LogP contribution in [0.4, 0.5) is 18.9 Å². The second-order valence-corrected chi connectivity index (χ2v) is 4.56. The van der Waals surface area contributed by atoms with Crippen molar-refractivity contribution in [3.05, 3.63) is 29.3 Å². The first kappa shape index (κ1) is 15.5. The maximum Gasteiger partial charge on any atom is 0.416 e. The minimum Gasteiger partial charge on any atom is -0.324 e. The zero-order chi connectivity index (χ0) is 15.6. The lowest BCUT2D eigenvalue weighted by Crippen LogP contribution is -2.29. The third-order valence-corrected chi connectivity index (χ3v) is 2.56. The average molecular weight is 281 g/mol. The number of amides is 1. The minimum atomic E-state index is -4.57. The monoisotopic (exact) mass is 281 g/mol. The topological polar surface area (TPSA) is 76.7 Å². The molecule has 7 heteroatoms. The van der Waals surface area contributed by atoms with Crippen molar-refractivity contribution in [2.24, 2.45) is 5.41 Å². The lowest BCUT2D eigenvalue weighted by Gasteiger charge is -2.16. The molecule has 0 aliphatic rings. The van der Waals surface area contributed by atoms with Crippen LogP contribution in [0.1, 0.15) is 25.0 Å². The molecule has 4 nitrogen and oxygen atoms in total. The summed E-state index contributed by atoms with van der Waals surface area (Å²) in [5, 5.41) is 19.9. The van der Waals surface area contributed by atoms with Crippen LogP contribution in [0.5, 0.6) is 0 Å². The molecule has 0 aromatic heterocycles. The molecule has 1 amide bonds. The number of nitrogens with one attached hydrogen (secondary N) is 1. The van der Waals surface area contributed by atoms with Crippen LogP contribution in [-0.4, -0.2) is 5.91 Å². The van der Waals surface area contributed by atoms with E-state index in [9.17, 15) is 18.0 Å². The number of alkyl halides is 3. The van der Waals surface area contributed by atoms with Gasteiger partial charge in [0.05, 0.1) is 22.9 Å². The van der Waals surface area contributed by atoms with E-state index >= 15 is 0 Å². The Balaban J connectivity index is 3.14. The molecule has 0 saturated heterocycles. The molecule has 1 aromatic carbocycles. The molecule has 0 bridgehead atoms. The Morgan fingerprint density at radius 1 is 1.25 bits per heavy atom. The van der Waals surface area contributed by atoms with E-state index in [0.717, 1.165) is 12.1 Å². The summed E-state index contributed by atoms with van der Waals surface area (Å²) in [5.41, 5.74) is -2.71. The summed E-state index contributed by atoms with van der Waals surface area (Å²) in [5.74, 6) is -0.698. The number of carbonyl (C=O) groups excluding carboxylic acids is 1. The van der Waals surface area contributed by atoms with Crippen LogP contribution in [0.3, 0.4) is 0 Å². The van der Waals surface area contributed by atoms with Gasteiger partial charge in [-0.25, -0.2) is 0 Å². The van der Waals surface area contributed by atoms with Gasteiger partial charge in [-0.15, -0.1) is 0 Å². The van der Waals surface area contributed by atoms with E-state index < -0.39 is 23.1 Å². The molecular weight excluding hydrogens is 271 g/mol. The molecule has 1 rings (SSSR count). The van der Waals surface area contributed by atoms with Crippen LogP contribution >= 0.6 is 0 Å². The number of carbonyl (C=O) groups is 1. The predicted octanol–water partition coefficient (Wildman–Crippen LogP) is 3.07. The molecule has 0 fully saturated rings. The fourth-order valence-electron chi connectivity index (χ4n) is 1.25. The first-order valence-corrected chi connectivity index (χ1v) is 5.46.